The number of nitrogens with zero attached hydrogens (tertiary/aromatic N) is 1. The van der Waals surface area contributed by atoms with Gasteiger partial charge in [0.15, 0.2) is 0 Å². The Kier molecular flexibility index (Phi) is 7.45. The molecule has 0 aliphatic heterocycles. The first-order chi connectivity index (χ1) is 14.0. The zero-order chi connectivity index (χ0) is 20.6. The number of carbonyl (C=O) groups excluding carboxylic acids is 2. The van der Waals surface area contributed by atoms with E-state index in [2.05, 4.69) is 12.2 Å². The third kappa shape index (κ3) is 5.93. The Balaban J connectivity index is 1.52. The fourth-order valence-electron chi connectivity index (χ4n) is 4.14. The summed E-state index contributed by atoms with van der Waals surface area (Å²) in [6.45, 7) is 2.16. The Hall–Kier alpha value is -2.62. The van der Waals surface area contributed by atoms with Crippen molar-refractivity contribution < 1.29 is 9.59 Å². The zero-order valence-corrected chi connectivity index (χ0v) is 17.6. The molecule has 1 aliphatic rings. The predicted molar refractivity (Wildman–Crippen MR) is 118 cm³/mol. The van der Waals surface area contributed by atoms with Gasteiger partial charge in [0.25, 0.3) is 5.91 Å². The number of aryl methyl sites for hydroxylation is 1. The summed E-state index contributed by atoms with van der Waals surface area (Å²) in [6, 6.07) is 17.5. The topological polar surface area (TPSA) is 49.4 Å². The van der Waals surface area contributed by atoms with Crippen LogP contribution in [-0.4, -0.2) is 29.8 Å². The van der Waals surface area contributed by atoms with Crippen LogP contribution in [-0.2, 0) is 11.2 Å². The van der Waals surface area contributed by atoms with Crippen molar-refractivity contribution in [3.8, 4) is 0 Å². The van der Waals surface area contributed by atoms with E-state index >= 15 is 0 Å². The molecule has 1 fully saturated rings. The minimum atomic E-state index is -0.0176. The first-order valence-corrected chi connectivity index (χ1v) is 10.8. The number of carbonyl (C=O) groups is 2. The normalized spacial score (nSPS) is 15.5. The maximum Gasteiger partial charge on any atom is 0.253 e. The van der Waals surface area contributed by atoms with Crippen LogP contribution >= 0.6 is 0 Å². The van der Waals surface area contributed by atoms with Crippen molar-refractivity contribution in [3.63, 3.8) is 0 Å². The smallest absolute Gasteiger partial charge is 0.253 e. The van der Waals surface area contributed by atoms with Crippen LogP contribution < -0.4 is 5.32 Å². The lowest BCUT2D eigenvalue weighted by atomic mass is 9.84. The van der Waals surface area contributed by atoms with Crippen molar-refractivity contribution in [2.45, 2.75) is 57.9 Å². The molecule has 4 nitrogen and oxygen atoms in total. The molecule has 0 aromatic heterocycles. The van der Waals surface area contributed by atoms with Crippen molar-refractivity contribution in [1.82, 2.24) is 4.90 Å². The summed E-state index contributed by atoms with van der Waals surface area (Å²) >= 11 is 0. The molecule has 0 unspecified atom stereocenters. The predicted octanol–water partition coefficient (Wildman–Crippen LogP) is 5.30. The fourth-order valence-corrected chi connectivity index (χ4v) is 4.14. The maximum absolute atomic E-state index is 12.9. The van der Waals surface area contributed by atoms with Gasteiger partial charge in [0.2, 0.25) is 5.91 Å². The highest BCUT2D eigenvalue weighted by Crippen LogP contribution is 2.29. The Labute approximate surface area is 174 Å². The number of hydrogen-bond donors (Lipinski definition) is 1. The van der Waals surface area contributed by atoms with Crippen molar-refractivity contribution in [3.05, 3.63) is 65.7 Å². The second-order valence-electron chi connectivity index (χ2n) is 8.17. The number of anilines is 1. The Morgan fingerprint density at radius 3 is 2.31 bits per heavy atom. The van der Waals surface area contributed by atoms with E-state index in [0.717, 1.165) is 11.3 Å². The van der Waals surface area contributed by atoms with Crippen LogP contribution in [0.25, 0.3) is 0 Å². The molecule has 1 aliphatic carbocycles. The molecule has 2 aromatic carbocycles. The number of hydrogen-bond acceptors (Lipinski definition) is 2. The van der Waals surface area contributed by atoms with Gasteiger partial charge < -0.3 is 10.2 Å². The van der Waals surface area contributed by atoms with Gasteiger partial charge >= 0.3 is 0 Å². The lowest BCUT2D eigenvalue weighted by Crippen LogP contribution is -2.40. The van der Waals surface area contributed by atoms with Crippen LogP contribution in [0.5, 0.6) is 0 Å². The summed E-state index contributed by atoms with van der Waals surface area (Å²) < 4.78 is 0. The van der Waals surface area contributed by atoms with Crippen molar-refractivity contribution >= 4 is 17.5 Å². The van der Waals surface area contributed by atoms with E-state index < -0.39 is 0 Å². The van der Waals surface area contributed by atoms with Crippen molar-refractivity contribution in [2.75, 3.05) is 12.4 Å². The molecule has 1 atom stereocenters. The van der Waals surface area contributed by atoms with Gasteiger partial charge in [-0.05, 0) is 61.9 Å². The fraction of sp³-hybridized carbons (Fsp3) is 0.440. The highest BCUT2D eigenvalue weighted by molar-refractivity contribution is 5.95. The van der Waals surface area contributed by atoms with Gasteiger partial charge in [0.05, 0.1) is 0 Å². The Morgan fingerprint density at radius 2 is 1.66 bits per heavy atom. The molecule has 154 valence electrons. The molecule has 1 N–H and O–H groups in total. The van der Waals surface area contributed by atoms with Gasteiger partial charge in [0.1, 0.15) is 0 Å². The molecule has 0 saturated heterocycles. The van der Waals surface area contributed by atoms with Crippen molar-refractivity contribution in [2.24, 2.45) is 5.92 Å². The molecule has 2 aromatic rings. The summed E-state index contributed by atoms with van der Waals surface area (Å²) in [5.41, 5.74) is 2.54. The summed E-state index contributed by atoms with van der Waals surface area (Å²) in [5.74, 6) is 0.627. The van der Waals surface area contributed by atoms with E-state index in [1.54, 1.807) is 12.1 Å². The molecule has 0 radical (unpaired) electrons. The van der Waals surface area contributed by atoms with E-state index in [1.165, 1.54) is 32.1 Å². The largest absolute Gasteiger partial charge is 0.339 e. The molecular formula is C25H32N2O2. The van der Waals surface area contributed by atoms with Gasteiger partial charge in [0, 0.05) is 30.8 Å². The first-order valence-electron chi connectivity index (χ1n) is 10.8. The molecule has 0 spiro atoms. The second-order valence-corrected chi connectivity index (χ2v) is 8.17. The molecule has 1 saturated carbocycles. The number of nitrogens with one attached hydrogen (secondary N) is 1. The molecule has 0 heterocycles. The molecule has 3 rings (SSSR count). The minimum Gasteiger partial charge on any atom is -0.339 e. The van der Waals surface area contributed by atoms with Crippen LogP contribution in [0.4, 0.5) is 5.69 Å². The van der Waals surface area contributed by atoms with Gasteiger partial charge in [-0.15, -0.1) is 0 Å². The van der Waals surface area contributed by atoms with E-state index in [4.69, 9.17) is 0 Å². The number of benzene rings is 2. The number of amides is 2. The van der Waals surface area contributed by atoms with Gasteiger partial charge in [-0.1, -0.05) is 49.6 Å². The highest BCUT2D eigenvalue weighted by atomic mass is 16.2. The molecule has 2 amide bonds. The van der Waals surface area contributed by atoms with Gasteiger partial charge in [-0.3, -0.25) is 9.59 Å². The van der Waals surface area contributed by atoms with E-state index in [9.17, 15) is 9.59 Å². The van der Waals surface area contributed by atoms with Crippen LogP contribution in [0.2, 0.25) is 0 Å². The molecule has 4 heteroatoms. The summed E-state index contributed by atoms with van der Waals surface area (Å²) in [6.07, 6.45) is 7.45. The summed E-state index contributed by atoms with van der Waals surface area (Å²) in [5, 5.41) is 2.92. The van der Waals surface area contributed by atoms with Crippen LogP contribution in [0.15, 0.2) is 54.6 Å². The molecule has 0 bridgehead atoms. The average molecular weight is 393 g/mol. The van der Waals surface area contributed by atoms with Gasteiger partial charge in [-0.2, -0.15) is 0 Å². The Bertz CT molecular complexity index is 795. The molecule has 29 heavy (non-hydrogen) atoms. The average Bonchev–Trinajstić information content (AvgIpc) is 2.78. The monoisotopic (exact) mass is 392 g/mol. The van der Waals surface area contributed by atoms with Crippen molar-refractivity contribution in [1.29, 1.82) is 0 Å². The summed E-state index contributed by atoms with van der Waals surface area (Å²) in [4.78, 5) is 26.9. The maximum atomic E-state index is 12.9. The van der Waals surface area contributed by atoms with E-state index in [1.807, 2.05) is 54.4 Å². The lowest BCUT2D eigenvalue weighted by molar-refractivity contribution is -0.116. The molecular weight excluding hydrogens is 360 g/mol. The Morgan fingerprint density at radius 1 is 1.00 bits per heavy atom. The second kappa shape index (κ2) is 10.2. The quantitative estimate of drug-likeness (QED) is 0.695. The van der Waals surface area contributed by atoms with E-state index in [0.29, 0.717) is 24.3 Å². The third-order valence-electron chi connectivity index (χ3n) is 6.16. The van der Waals surface area contributed by atoms with E-state index in [-0.39, 0.29) is 17.9 Å². The van der Waals surface area contributed by atoms with Crippen LogP contribution in [0.1, 0.15) is 61.4 Å². The number of rotatable bonds is 7. The first kappa shape index (κ1) is 21.1. The highest BCUT2D eigenvalue weighted by Gasteiger charge is 2.26. The zero-order valence-electron chi connectivity index (χ0n) is 17.6. The SMILES string of the molecule is C[C@H](C1CCCCC1)N(C)C(=O)c1ccc(NC(=O)CCc2ccccc2)cc1. The van der Waals surface area contributed by atoms with Crippen LogP contribution in [0, 0.1) is 5.92 Å². The third-order valence-corrected chi connectivity index (χ3v) is 6.16. The van der Waals surface area contributed by atoms with Crippen LogP contribution in [0.3, 0.4) is 0 Å². The minimum absolute atomic E-state index is 0.0176. The lowest BCUT2D eigenvalue weighted by Gasteiger charge is -2.34. The summed E-state index contributed by atoms with van der Waals surface area (Å²) in [7, 11) is 1.90. The standard InChI is InChI=1S/C25H32N2O2/c1-19(21-11-7-4-8-12-21)27(2)25(29)22-14-16-23(17-15-22)26-24(28)18-13-20-9-5-3-6-10-20/h3,5-6,9-10,14-17,19,21H,4,7-8,11-13,18H2,1-2H3,(H,26,28)/t19-/m1/s1. The van der Waals surface area contributed by atoms with Gasteiger partial charge in [-0.25, -0.2) is 0 Å².